The Balaban J connectivity index is 0.00000210. The van der Waals surface area contributed by atoms with Crippen LogP contribution in [-0.4, -0.2) is 62.6 Å². The third-order valence-electron chi connectivity index (χ3n) is 4.80. The molecule has 8 nitrogen and oxygen atoms in total. The van der Waals surface area contributed by atoms with E-state index in [1.807, 2.05) is 0 Å². The van der Waals surface area contributed by atoms with Gasteiger partial charge in [-0.05, 0) is 18.8 Å². The number of hydrogen-bond acceptors (Lipinski definition) is 7. The smallest absolute Gasteiger partial charge is 0.321 e. The van der Waals surface area contributed by atoms with Crippen LogP contribution >= 0.6 is 12.4 Å². The first-order valence-corrected chi connectivity index (χ1v) is 8.58. The molecule has 3 heterocycles. The van der Waals surface area contributed by atoms with Gasteiger partial charge in [-0.25, -0.2) is 9.37 Å². The summed E-state index contributed by atoms with van der Waals surface area (Å²) in [6.45, 7) is -2.31. The standard InChI is InChI=1S/C15H20F3N7O.ClH/c16-8-3-19-4-9(8)21-12-11-13(25(6-20-11)14(17)18)24-15(23-12)22-10(5-26)7-1-2-7;/h6-10,14,19,26H,1-5H2,(H2,21,22,23,24);1H/t8?,9?,10-;/m0./s1. The van der Waals surface area contributed by atoms with Crippen LogP contribution in [0.5, 0.6) is 0 Å². The summed E-state index contributed by atoms with van der Waals surface area (Å²) < 4.78 is 41.0. The number of anilines is 2. The van der Waals surface area contributed by atoms with Crippen LogP contribution in [0.1, 0.15) is 19.4 Å². The highest BCUT2D eigenvalue weighted by Gasteiger charge is 2.32. The van der Waals surface area contributed by atoms with Crippen molar-refractivity contribution in [1.82, 2.24) is 24.8 Å². The van der Waals surface area contributed by atoms with Gasteiger partial charge >= 0.3 is 6.55 Å². The largest absolute Gasteiger partial charge is 0.394 e. The van der Waals surface area contributed by atoms with Crippen LogP contribution in [0.2, 0.25) is 0 Å². The predicted octanol–water partition coefficient (Wildman–Crippen LogP) is 1.55. The number of rotatable bonds is 7. The van der Waals surface area contributed by atoms with Gasteiger partial charge in [0, 0.05) is 13.1 Å². The minimum atomic E-state index is -2.81. The number of hydrogen-bond donors (Lipinski definition) is 4. The van der Waals surface area contributed by atoms with Gasteiger partial charge in [0.15, 0.2) is 17.0 Å². The molecule has 2 aromatic heterocycles. The molecule has 27 heavy (non-hydrogen) atoms. The van der Waals surface area contributed by atoms with Crippen LogP contribution < -0.4 is 16.0 Å². The number of aromatic nitrogens is 4. The Morgan fingerprint density at radius 1 is 1.30 bits per heavy atom. The molecule has 2 aliphatic rings. The monoisotopic (exact) mass is 407 g/mol. The van der Waals surface area contributed by atoms with E-state index in [0.717, 1.165) is 19.2 Å². The molecule has 2 aromatic rings. The van der Waals surface area contributed by atoms with Crippen molar-refractivity contribution >= 4 is 35.3 Å². The van der Waals surface area contributed by atoms with Crippen molar-refractivity contribution in [3.05, 3.63) is 6.33 Å². The van der Waals surface area contributed by atoms with E-state index in [-0.39, 0.29) is 54.5 Å². The molecule has 2 unspecified atom stereocenters. The van der Waals surface area contributed by atoms with Crippen molar-refractivity contribution in [2.45, 2.75) is 37.6 Å². The summed E-state index contributed by atoms with van der Waals surface area (Å²) in [5, 5.41) is 18.4. The molecule has 1 saturated heterocycles. The fourth-order valence-corrected chi connectivity index (χ4v) is 3.17. The molecule has 2 fully saturated rings. The summed E-state index contributed by atoms with van der Waals surface area (Å²) in [7, 11) is 0. The fraction of sp³-hybridized carbons (Fsp3) is 0.667. The van der Waals surface area contributed by atoms with Gasteiger partial charge in [0.2, 0.25) is 5.95 Å². The zero-order chi connectivity index (χ0) is 18.3. The van der Waals surface area contributed by atoms with E-state index >= 15 is 0 Å². The molecule has 0 bridgehead atoms. The minimum Gasteiger partial charge on any atom is -0.394 e. The fourth-order valence-electron chi connectivity index (χ4n) is 3.17. The third kappa shape index (κ3) is 4.04. The highest BCUT2D eigenvalue weighted by molar-refractivity contribution is 5.85. The summed E-state index contributed by atoms with van der Waals surface area (Å²) in [5.41, 5.74) is 0.107. The highest BCUT2D eigenvalue weighted by atomic mass is 35.5. The van der Waals surface area contributed by atoms with Gasteiger partial charge < -0.3 is 21.1 Å². The van der Waals surface area contributed by atoms with Gasteiger partial charge in [-0.1, -0.05) is 0 Å². The molecule has 0 aromatic carbocycles. The molecule has 1 saturated carbocycles. The molecule has 3 atom stereocenters. The lowest BCUT2D eigenvalue weighted by atomic mass is 10.2. The molecule has 1 aliphatic heterocycles. The maximum Gasteiger partial charge on any atom is 0.321 e. The van der Waals surface area contributed by atoms with Gasteiger partial charge in [-0.3, -0.25) is 4.57 Å². The molecule has 0 spiro atoms. The van der Waals surface area contributed by atoms with E-state index < -0.39 is 18.8 Å². The second-order valence-electron chi connectivity index (χ2n) is 6.69. The second-order valence-corrected chi connectivity index (χ2v) is 6.69. The van der Waals surface area contributed by atoms with Gasteiger partial charge in [-0.2, -0.15) is 18.7 Å². The number of nitrogens with one attached hydrogen (secondary N) is 3. The molecular weight excluding hydrogens is 387 g/mol. The Morgan fingerprint density at radius 2 is 2.07 bits per heavy atom. The number of imidazole rings is 1. The average Bonchev–Trinajstić information content (AvgIpc) is 3.24. The van der Waals surface area contributed by atoms with E-state index in [9.17, 15) is 18.3 Å². The van der Waals surface area contributed by atoms with Crippen molar-refractivity contribution < 1.29 is 18.3 Å². The lowest BCUT2D eigenvalue weighted by Gasteiger charge is -2.18. The molecule has 1 aliphatic carbocycles. The van der Waals surface area contributed by atoms with Crippen LogP contribution in [0.25, 0.3) is 11.2 Å². The summed E-state index contributed by atoms with van der Waals surface area (Å²) in [4.78, 5) is 12.4. The van der Waals surface area contributed by atoms with Crippen LogP contribution in [-0.2, 0) is 0 Å². The van der Waals surface area contributed by atoms with E-state index in [1.54, 1.807) is 0 Å². The summed E-state index contributed by atoms with van der Waals surface area (Å²) in [5.74, 6) is 0.612. The number of nitrogens with zero attached hydrogens (tertiary/aromatic N) is 4. The van der Waals surface area contributed by atoms with Crippen LogP contribution in [0.4, 0.5) is 24.9 Å². The third-order valence-corrected chi connectivity index (χ3v) is 4.80. The first kappa shape index (κ1) is 19.9. The summed E-state index contributed by atoms with van der Waals surface area (Å²) in [6, 6.07) is -0.778. The zero-order valence-corrected chi connectivity index (χ0v) is 15.1. The molecule has 0 amide bonds. The minimum absolute atomic E-state index is 0. The van der Waals surface area contributed by atoms with Crippen LogP contribution in [0.15, 0.2) is 6.33 Å². The quantitative estimate of drug-likeness (QED) is 0.552. The van der Waals surface area contributed by atoms with E-state index in [4.69, 9.17) is 0 Å². The lowest BCUT2D eigenvalue weighted by Crippen LogP contribution is -2.31. The molecule has 150 valence electrons. The van der Waals surface area contributed by atoms with Crippen LogP contribution in [0, 0.1) is 5.92 Å². The topological polar surface area (TPSA) is 99.9 Å². The summed E-state index contributed by atoms with van der Waals surface area (Å²) >= 11 is 0. The number of aliphatic hydroxyl groups excluding tert-OH is 1. The van der Waals surface area contributed by atoms with Crippen LogP contribution in [0.3, 0.4) is 0 Å². The predicted molar refractivity (Wildman–Crippen MR) is 96.2 cm³/mol. The molecule has 4 N–H and O–H groups in total. The average molecular weight is 408 g/mol. The number of fused-ring (bicyclic) bond motifs is 1. The van der Waals surface area contributed by atoms with Crippen molar-refractivity contribution in [1.29, 1.82) is 0 Å². The van der Waals surface area contributed by atoms with E-state index in [0.29, 0.717) is 17.0 Å². The van der Waals surface area contributed by atoms with Gasteiger partial charge in [0.05, 0.1) is 18.7 Å². The Bertz CT molecular complexity index is 788. The number of alkyl halides is 3. The first-order chi connectivity index (χ1) is 12.6. The lowest BCUT2D eigenvalue weighted by molar-refractivity contribution is 0.0740. The van der Waals surface area contributed by atoms with E-state index in [2.05, 4.69) is 30.9 Å². The SMILES string of the molecule is Cl.OC[C@H](Nc1nc(NC2CNCC2F)c2ncn(C(F)F)c2n1)C1CC1. The molecule has 4 rings (SSSR count). The highest BCUT2D eigenvalue weighted by Crippen LogP contribution is 2.34. The number of aliphatic hydroxyl groups is 1. The Morgan fingerprint density at radius 3 is 2.67 bits per heavy atom. The van der Waals surface area contributed by atoms with Crippen molar-refractivity contribution in [3.63, 3.8) is 0 Å². The Kier molecular flexibility index (Phi) is 5.92. The Labute approximate surface area is 159 Å². The first-order valence-electron chi connectivity index (χ1n) is 8.58. The van der Waals surface area contributed by atoms with Crippen molar-refractivity contribution in [3.8, 4) is 0 Å². The normalized spacial score (nSPS) is 23.4. The molecular formula is C15H21ClF3N7O. The zero-order valence-electron chi connectivity index (χ0n) is 14.3. The van der Waals surface area contributed by atoms with Crippen molar-refractivity contribution in [2.24, 2.45) is 5.92 Å². The van der Waals surface area contributed by atoms with Gasteiger partial charge in [-0.15, -0.1) is 12.4 Å². The molecule has 0 radical (unpaired) electrons. The maximum absolute atomic E-state index is 13.9. The summed E-state index contributed by atoms with van der Waals surface area (Å²) in [6.07, 6.45) is 1.84. The van der Waals surface area contributed by atoms with Gasteiger partial charge in [0.1, 0.15) is 12.5 Å². The molecule has 12 heteroatoms. The van der Waals surface area contributed by atoms with Gasteiger partial charge in [0.25, 0.3) is 0 Å². The van der Waals surface area contributed by atoms with Crippen molar-refractivity contribution in [2.75, 3.05) is 30.3 Å². The maximum atomic E-state index is 13.9. The van der Waals surface area contributed by atoms with E-state index in [1.165, 1.54) is 0 Å². The number of halogens is 4. The second kappa shape index (κ2) is 8.03. The Hall–Kier alpha value is -1.85.